The highest BCUT2D eigenvalue weighted by Gasteiger charge is 2.20. The van der Waals surface area contributed by atoms with Crippen molar-refractivity contribution in [1.29, 1.82) is 0 Å². The maximum atomic E-state index is 12.4. The van der Waals surface area contributed by atoms with E-state index in [1.807, 2.05) is 24.3 Å². The van der Waals surface area contributed by atoms with Gasteiger partial charge in [-0.3, -0.25) is 4.55 Å². The average molecular weight is 635 g/mol. The lowest BCUT2D eigenvalue weighted by atomic mass is 10.0. The number of hydrogen-bond donors (Lipinski definition) is 3. The minimum Gasteiger partial charge on any atom is -0.492 e. The Bertz CT molecular complexity index is 2210. The third kappa shape index (κ3) is 6.02. The first kappa shape index (κ1) is 30.1. The zero-order valence-electron chi connectivity index (χ0n) is 24.5. The Morgan fingerprint density at radius 3 is 1.54 bits per heavy atom. The fraction of sp³-hybridized carbons (Fsp3) is 0.0625. The number of aryl methyl sites for hydroxylation is 2. The molecule has 3 N–H and O–H groups in total. The normalized spacial score (nSPS) is 12.0. The van der Waals surface area contributed by atoms with Gasteiger partial charge >= 0.3 is 0 Å². The van der Waals surface area contributed by atoms with Gasteiger partial charge in [0.05, 0.1) is 34.1 Å². The molecule has 0 bridgehead atoms. The first-order chi connectivity index (χ1) is 22.1. The average Bonchev–Trinajstić information content (AvgIpc) is 3.51. The van der Waals surface area contributed by atoms with Crippen LogP contribution in [0.2, 0.25) is 0 Å². The van der Waals surface area contributed by atoms with Gasteiger partial charge in [-0.05, 0) is 67.9 Å². The predicted octanol–water partition coefficient (Wildman–Crippen LogP) is 7.83. The fourth-order valence-electron chi connectivity index (χ4n) is 4.69. The van der Waals surface area contributed by atoms with Crippen LogP contribution in [0.3, 0.4) is 0 Å². The number of nitrogens with zero attached hydrogens (tertiary/aromatic N) is 8. The third-order valence-corrected chi connectivity index (χ3v) is 7.86. The van der Waals surface area contributed by atoms with Gasteiger partial charge in [-0.25, -0.2) is 0 Å². The molecule has 0 radical (unpaired) electrons. The molecule has 0 aliphatic rings. The van der Waals surface area contributed by atoms with Crippen LogP contribution in [0.1, 0.15) is 11.4 Å². The van der Waals surface area contributed by atoms with Crippen LogP contribution in [0.25, 0.3) is 22.5 Å². The molecule has 14 heteroatoms. The highest BCUT2D eigenvalue weighted by Crippen LogP contribution is 2.37. The number of para-hydroxylation sites is 2. The van der Waals surface area contributed by atoms with Crippen molar-refractivity contribution < 1.29 is 23.2 Å². The van der Waals surface area contributed by atoms with Crippen LogP contribution in [-0.2, 0) is 10.1 Å². The van der Waals surface area contributed by atoms with E-state index in [0.29, 0.717) is 34.0 Å². The SMILES string of the molecule is Cc1nn(-c2ccccc2)c(O)c1N=Nc1ccc(-c2ccc(N=Nc3c(C)nn(-c4ccccc4)c3O)cc2S(=O)(=O)O)cc1. The van der Waals surface area contributed by atoms with Gasteiger partial charge in [0.2, 0.25) is 11.8 Å². The molecule has 230 valence electrons. The molecule has 6 rings (SSSR count). The van der Waals surface area contributed by atoms with Gasteiger partial charge < -0.3 is 10.2 Å². The summed E-state index contributed by atoms with van der Waals surface area (Å²) in [7, 11) is -4.67. The summed E-state index contributed by atoms with van der Waals surface area (Å²) >= 11 is 0. The zero-order chi connectivity index (χ0) is 32.4. The first-order valence-corrected chi connectivity index (χ1v) is 15.3. The summed E-state index contributed by atoms with van der Waals surface area (Å²) in [4.78, 5) is -0.381. The van der Waals surface area contributed by atoms with Gasteiger partial charge in [-0.15, -0.1) is 10.2 Å². The minimum atomic E-state index is -4.67. The summed E-state index contributed by atoms with van der Waals surface area (Å²) in [6.45, 7) is 3.36. The van der Waals surface area contributed by atoms with E-state index in [9.17, 15) is 23.2 Å². The number of aromatic nitrogens is 4. The van der Waals surface area contributed by atoms with E-state index in [1.165, 1.54) is 27.6 Å². The van der Waals surface area contributed by atoms with Crippen LogP contribution in [0.5, 0.6) is 11.8 Å². The summed E-state index contributed by atoms with van der Waals surface area (Å²) in [5.41, 5.74) is 3.76. The highest BCUT2D eigenvalue weighted by atomic mass is 32.2. The predicted molar refractivity (Wildman–Crippen MR) is 170 cm³/mol. The van der Waals surface area contributed by atoms with Gasteiger partial charge in [-0.1, -0.05) is 54.6 Å². The molecule has 0 amide bonds. The van der Waals surface area contributed by atoms with E-state index in [1.54, 1.807) is 74.5 Å². The molecule has 46 heavy (non-hydrogen) atoms. The van der Waals surface area contributed by atoms with Crippen molar-refractivity contribution in [3.8, 4) is 34.3 Å². The van der Waals surface area contributed by atoms with Crippen molar-refractivity contribution in [2.45, 2.75) is 18.7 Å². The van der Waals surface area contributed by atoms with Crippen LogP contribution in [0, 0.1) is 13.8 Å². The number of hydrogen-bond acceptors (Lipinski definition) is 10. The van der Waals surface area contributed by atoms with Crippen LogP contribution >= 0.6 is 0 Å². The third-order valence-electron chi connectivity index (χ3n) is 6.96. The smallest absolute Gasteiger partial charge is 0.295 e. The topological polar surface area (TPSA) is 180 Å². The lowest BCUT2D eigenvalue weighted by Gasteiger charge is -2.08. The Balaban J connectivity index is 1.25. The molecule has 6 aromatic rings. The Morgan fingerprint density at radius 1 is 0.609 bits per heavy atom. The Kier molecular flexibility index (Phi) is 7.96. The molecule has 0 saturated carbocycles. The van der Waals surface area contributed by atoms with Crippen molar-refractivity contribution in [1.82, 2.24) is 19.6 Å². The molecule has 0 atom stereocenters. The van der Waals surface area contributed by atoms with Gasteiger partial charge in [0.15, 0.2) is 11.4 Å². The Morgan fingerprint density at radius 2 is 1.07 bits per heavy atom. The second-order valence-electron chi connectivity index (χ2n) is 10.1. The molecule has 0 saturated heterocycles. The van der Waals surface area contributed by atoms with Crippen molar-refractivity contribution in [2.75, 3.05) is 0 Å². The van der Waals surface area contributed by atoms with E-state index in [0.717, 1.165) is 0 Å². The van der Waals surface area contributed by atoms with Gasteiger partial charge in [0.1, 0.15) is 4.90 Å². The summed E-state index contributed by atoms with van der Waals surface area (Å²) < 4.78 is 37.5. The van der Waals surface area contributed by atoms with Crippen LogP contribution < -0.4 is 0 Å². The largest absolute Gasteiger partial charge is 0.492 e. The molecule has 13 nitrogen and oxygen atoms in total. The van der Waals surface area contributed by atoms with Crippen molar-refractivity contribution in [3.63, 3.8) is 0 Å². The molecule has 4 aromatic carbocycles. The molecule has 0 aliphatic carbocycles. The maximum absolute atomic E-state index is 12.4. The van der Waals surface area contributed by atoms with Gasteiger partial charge in [0, 0.05) is 5.56 Å². The number of benzene rings is 4. The Hall–Kier alpha value is -5.99. The van der Waals surface area contributed by atoms with E-state index < -0.39 is 10.1 Å². The van der Waals surface area contributed by atoms with Crippen molar-refractivity contribution >= 4 is 32.9 Å². The second kappa shape index (κ2) is 12.2. The van der Waals surface area contributed by atoms with Crippen LogP contribution in [0.15, 0.2) is 128 Å². The lowest BCUT2D eigenvalue weighted by Crippen LogP contribution is -2.00. The molecule has 2 aromatic heterocycles. The standard InChI is InChI=1S/C32H26N8O5S/c1-20-29(31(41)39(37-20)25-9-5-3-6-10-25)35-33-23-15-13-22(14-16-23)27-18-17-24(19-28(27)46(43,44)45)34-36-30-21(2)38-40(32(30)42)26-11-7-4-8-12-26/h3-19,41-42H,1-2H3,(H,43,44,45). The molecule has 0 spiro atoms. The maximum Gasteiger partial charge on any atom is 0.295 e. The molecular formula is C32H26N8O5S. The summed E-state index contributed by atoms with van der Waals surface area (Å²) in [5, 5.41) is 46.6. The highest BCUT2D eigenvalue weighted by molar-refractivity contribution is 7.86. The molecular weight excluding hydrogens is 608 g/mol. The fourth-order valence-corrected chi connectivity index (χ4v) is 5.43. The van der Waals surface area contributed by atoms with Gasteiger partial charge in [0.25, 0.3) is 10.1 Å². The molecule has 0 fully saturated rings. The summed E-state index contributed by atoms with van der Waals surface area (Å²) in [6.07, 6.45) is 0. The van der Waals surface area contributed by atoms with Crippen molar-refractivity contribution in [2.24, 2.45) is 20.5 Å². The second-order valence-corrected chi connectivity index (χ2v) is 11.5. The molecule has 0 aliphatic heterocycles. The van der Waals surface area contributed by atoms with E-state index in [4.69, 9.17) is 0 Å². The van der Waals surface area contributed by atoms with Crippen molar-refractivity contribution in [3.05, 3.63) is 115 Å². The minimum absolute atomic E-state index is 0.113. The van der Waals surface area contributed by atoms with E-state index in [-0.39, 0.29) is 39.3 Å². The first-order valence-electron chi connectivity index (χ1n) is 13.8. The number of azo groups is 2. The van der Waals surface area contributed by atoms with Gasteiger partial charge in [-0.2, -0.15) is 38.2 Å². The quantitative estimate of drug-likeness (QED) is 0.113. The summed E-state index contributed by atoms with van der Waals surface area (Å²) in [5.74, 6) is -0.388. The summed E-state index contributed by atoms with van der Waals surface area (Å²) in [6, 6.07) is 28.8. The zero-order valence-corrected chi connectivity index (χ0v) is 25.3. The molecule has 2 heterocycles. The molecule has 0 unspecified atom stereocenters. The van der Waals surface area contributed by atoms with Crippen LogP contribution in [-0.4, -0.2) is 42.7 Å². The monoisotopic (exact) mass is 634 g/mol. The number of aromatic hydroxyl groups is 2. The van der Waals surface area contributed by atoms with Crippen LogP contribution in [0.4, 0.5) is 22.7 Å². The van der Waals surface area contributed by atoms with E-state index >= 15 is 0 Å². The Labute approximate surface area is 263 Å². The lowest BCUT2D eigenvalue weighted by molar-refractivity contribution is 0.434. The number of rotatable bonds is 8. The van der Waals surface area contributed by atoms with E-state index in [2.05, 4.69) is 30.7 Å².